The predicted molar refractivity (Wildman–Crippen MR) is 279 cm³/mol. The molecule has 0 aromatic heterocycles. The SMILES string of the molecule is CCCCCC/C=C\CCCCCCCCCC(=O)OC[C@@H](COC(=O)CCCCCCC/C=C\CCCCCCCC)OC(=O)CCCCCCCCCCCCCCCCCCC. The molecule has 0 aliphatic heterocycles. The Morgan fingerprint density at radius 3 is 0.785 bits per heavy atom. The van der Waals surface area contributed by atoms with E-state index in [1.54, 1.807) is 0 Å². The average Bonchev–Trinajstić information content (AvgIpc) is 3.30. The van der Waals surface area contributed by atoms with Crippen LogP contribution in [0.2, 0.25) is 0 Å². The highest BCUT2D eigenvalue weighted by atomic mass is 16.6. The summed E-state index contributed by atoms with van der Waals surface area (Å²) in [7, 11) is 0. The van der Waals surface area contributed by atoms with Gasteiger partial charge in [-0.1, -0.05) is 251 Å². The zero-order valence-electron chi connectivity index (χ0n) is 43.8. The Morgan fingerprint density at radius 2 is 0.508 bits per heavy atom. The molecule has 0 aliphatic carbocycles. The van der Waals surface area contributed by atoms with Crippen molar-refractivity contribution < 1.29 is 28.6 Å². The molecule has 0 saturated carbocycles. The molecule has 0 radical (unpaired) electrons. The van der Waals surface area contributed by atoms with E-state index in [1.165, 1.54) is 212 Å². The number of carbonyl (C=O) groups excluding carboxylic acids is 3. The van der Waals surface area contributed by atoms with E-state index in [1.807, 2.05) is 0 Å². The molecular weight excluding hydrogens is 805 g/mol. The Bertz CT molecular complexity index is 1050. The number of allylic oxidation sites excluding steroid dienone is 4. The summed E-state index contributed by atoms with van der Waals surface area (Å²) in [6.45, 7) is 6.66. The van der Waals surface area contributed by atoms with Crippen molar-refractivity contribution in [3.8, 4) is 0 Å². The lowest BCUT2D eigenvalue weighted by Gasteiger charge is -2.18. The van der Waals surface area contributed by atoms with Crippen LogP contribution in [0.15, 0.2) is 24.3 Å². The van der Waals surface area contributed by atoms with E-state index < -0.39 is 6.10 Å². The van der Waals surface area contributed by atoms with E-state index >= 15 is 0 Å². The van der Waals surface area contributed by atoms with Crippen LogP contribution in [0.25, 0.3) is 0 Å². The number of unbranched alkanes of at least 4 members (excludes halogenated alkanes) is 38. The van der Waals surface area contributed by atoms with Gasteiger partial charge in [0, 0.05) is 19.3 Å². The van der Waals surface area contributed by atoms with Gasteiger partial charge < -0.3 is 14.2 Å². The zero-order valence-corrected chi connectivity index (χ0v) is 43.8. The maximum Gasteiger partial charge on any atom is 0.306 e. The Balaban J connectivity index is 4.34. The summed E-state index contributed by atoms with van der Waals surface area (Å²) < 4.78 is 16.9. The fourth-order valence-corrected chi connectivity index (χ4v) is 8.55. The molecule has 0 N–H and O–H groups in total. The average molecular weight is 916 g/mol. The second kappa shape index (κ2) is 54.5. The van der Waals surface area contributed by atoms with Crippen LogP contribution in [0.4, 0.5) is 0 Å². The van der Waals surface area contributed by atoms with Gasteiger partial charge in [0.15, 0.2) is 6.10 Å². The predicted octanol–water partition coefficient (Wildman–Crippen LogP) is 19.1. The van der Waals surface area contributed by atoms with Crippen molar-refractivity contribution >= 4 is 17.9 Å². The maximum atomic E-state index is 12.9. The number of carbonyl (C=O) groups is 3. The van der Waals surface area contributed by atoms with E-state index in [0.717, 1.165) is 64.2 Å². The summed E-state index contributed by atoms with van der Waals surface area (Å²) in [5.41, 5.74) is 0. The van der Waals surface area contributed by atoms with Crippen LogP contribution in [0.3, 0.4) is 0 Å². The number of rotatable bonds is 53. The van der Waals surface area contributed by atoms with Crippen LogP contribution < -0.4 is 0 Å². The third-order valence-corrected chi connectivity index (χ3v) is 12.9. The second-order valence-corrected chi connectivity index (χ2v) is 19.6. The van der Waals surface area contributed by atoms with Gasteiger partial charge in [-0.2, -0.15) is 0 Å². The van der Waals surface area contributed by atoms with Crippen molar-refractivity contribution in [3.05, 3.63) is 24.3 Å². The van der Waals surface area contributed by atoms with Gasteiger partial charge >= 0.3 is 17.9 Å². The molecule has 0 aromatic carbocycles. The number of hydrogen-bond acceptors (Lipinski definition) is 6. The highest BCUT2D eigenvalue weighted by Crippen LogP contribution is 2.17. The molecule has 0 bridgehead atoms. The van der Waals surface area contributed by atoms with E-state index in [0.29, 0.717) is 19.3 Å². The van der Waals surface area contributed by atoms with E-state index in [9.17, 15) is 14.4 Å². The minimum atomic E-state index is -0.772. The largest absolute Gasteiger partial charge is 0.462 e. The van der Waals surface area contributed by atoms with Gasteiger partial charge in [-0.25, -0.2) is 0 Å². The van der Waals surface area contributed by atoms with Gasteiger partial charge in [-0.3, -0.25) is 14.4 Å². The van der Waals surface area contributed by atoms with Crippen LogP contribution >= 0.6 is 0 Å². The molecule has 0 heterocycles. The fourth-order valence-electron chi connectivity index (χ4n) is 8.55. The highest BCUT2D eigenvalue weighted by Gasteiger charge is 2.19. The first-order valence-corrected chi connectivity index (χ1v) is 28.8. The van der Waals surface area contributed by atoms with E-state index in [-0.39, 0.29) is 31.1 Å². The maximum absolute atomic E-state index is 12.9. The summed E-state index contributed by atoms with van der Waals surface area (Å²) in [5.74, 6) is -0.864. The molecule has 0 saturated heterocycles. The van der Waals surface area contributed by atoms with Gasteiger partial charge in [0.05, 0.1) is 0 Å². The number of ether oxygens (including phenoxy) is 3. The fraction of sp³-hybridized carbons (Fsp3) is 0.881. The Hall–Kier alpha value is -2.11. The van der Waals surface area contributed by atoms with Crippen LogP contribution in [0.1, 0.15) is 316 Å². The first kappa shape index (κ1) is 62.9. The topological polar surface area (TPSA) is 78.9 Å². The molecule has 0 amide bonds. The van der Waals surface area contributed by atoms with Crippen molar-refractivity contribution in [2.75, 3.05) is 13.2 Å². The van der Waals surface area contributed by atoms with Crippen LogP contribution in [-0.2, 0) is 28.6 Å². The van der Waals surface area contributed by atoms with Gasteiger partial charge in [-0.15, -0.1) is 0 Å². The molecule has 0 rings (SSSR count). The zero-order chi connectivity index (χ0) is 47.2. The number of esters is 3. The highest BCUT2D eigenvalue weighted by molar-refractivity contribution is 5.71. The summed E-state index contributed by atoms with van der Waals surface area (Å²) >= 11 is 0. The lowest BCUT2D eigenvalue weighted by molar-refractivity contribution is -0.167. The molecule has 0 unspecified atom stereocenters. The molecular formula is C59H110O6. The lowest BCUT2D eigenvalue weighted by Crippen LogP contribution is -2.30. The Labute approximate surface area is 404 Å². The quantitative estimate of drug-likeness (QED) is 0.0262. The molecule has 1 atom stereocenters. The third-order valence-electron chi connectivity index (χ3n) is 12.9. The lowest BCUT2D eigenvalue weighted by atomic mass is 10.0. The molecule has 0 aliphatic rings. The Morgan fingerprint density at radius 1 is 0.292 bits per heavy atom. The molecule has 6 nitrogen and oxygen atoms in total. The van der Waals surface area contributed by atoms with E-state index in [4.69, 9.17) is 14.2 Å². The normalized spacial score (nSPS) is 12.1. The molecule has 65 heavy (non-hydrogen) atoms. The summed E-state index contributed by atoms with van der Waals surface area (Å²) in [4.78, 5) is 38.1. The van der Waals surface area contributed by atoms with Gasteiger partial charge in [0.2, 0.25) is 0 Å². The standard InChI is InChI=1S/C59H110O6/c1-4-7-10-13-16-19-22-25-28-29-32-35-38-41-44-47-50-53-59(62)65-56(54-63-57(60)51-48-45-42-39-36-33-30-26-23-20-17-14-11-8-5-2)55-64-58(61)52-49-46-43-40-37-34-31-27-24-21-18-15-12-9-6-3/h20,23,27,31,56H,4-19,21-22,24-26,28-30,32-55H2,1-3H3/b23-20-,31-27-/t56-/m0/s1. The summed E-state index contributed by atoms with van der Waals surface area (Å²) in [5, 5.41) is 0. The minimum Gasteiger partial charge on any atom is -0.462 e. The van der Waals surface area contributed by atoms with Crippen LogP contribution in [0.5, 0.6) is 0 Å². The van der Waals surface area contributed by atoms with Crippen molar-refractivity contribution in [3.63, 3.8) is 0 Å². The van der Waals surface area contributed by atoms with Gasteiger partial charge in [0.25, 0.3) is 0 Å². The van der Waals surface area contributed by atoms with Gasteiger partial charge in [-0.05, 0) is 70.6 Å². The molecule has 382 valence electrons. The second-order valence-electron chi connectivity index (χ2n) is 19.6. The van der Waals surface area contributed by atoms with E-state index in [2.05, 4.69) is 45.1 Å². The van der Waals surface area contributed by atoms with Crippen molar-refractivity contribution in [2.24, 2.45) is 0 Å². The summed E-state index contributed by atoms with van der Waals surface area (Å²) in [6, 6.07) is 0. The molecule has 0 spiro atoms. The van der Waals surface area contributed by atoms with Crippen LogP contribution in [-0.4, -0.2) is 37.2 Å². The monoisotopic (exact) mass is 915 g/mol. The first-order chi connectivity index (χ1) is 32.0. The van der Waals surface area contributed by atoms with Crippen molar-refractivity contribution in [2.45, 2.75) is 322 Å². The third kappa shape index (κ3) is 52.7. The van der Waals surface area contributed by atoms with Gasteiger partial charge in [0.1, 0.15) is 13.2 Å². The van der Waals surface area contributed by atoms with Crippen molar-refractivity contribution in [1.29, 1.82) is 0 Å². The molecule has 6 heteroatoms. The smallest absolute Gasteiger partial charge is 0.306 e. The first-order valence-electron chi connectivity index (χ1n) is 28.8. The number of hydrogen-bond donors (Lipinski definition) is 0. The minimum absolute atomic E-state index is 0.0719. The van der Waals surface area contributed by atoms with Crippen molar-refractivity contribution in [1.82, 2.24) is 0 Å². The summed E-state index contributed by atoms with van der Waals surface area (Å²) in [6.07, 6.45) is 63.0. The Kier molecular flexibility index (Phi) is 52.7. The molecule has 0 aromatic rings. The molecule has 0 fully saturated rings. The van der Waals surface area contributed by atoms with Crippen LogP contribution in [0, 0.1) is 0 Å².